The number of hydrogen-bond donors (Lipinski definition) is 3. The number of carbonyl (C=O) groups excluding carboxylic acids is 1. The number of nitrogens with one attached hydrogen (secondary N) is 1. The van der Waals surface area contributed by atoms with Gasteiger partial charge >= 0.3 is 0 Å². The molecular formula is C12H15N5O3S. The Labute approximate surface area is 121 Å². The van der Waals surface area contributed by atoms with Gasteiger partial charge in [0.1, 0.15) is 4.90 Å². The van der Waals surface area contributed by atoms with Crippen molar-refractivity contribution in [3.63, 3.8) is 0 Å². The summed E-state index contributed by atoms with van der Waals surface area (Å²) in [5.74, 6) is -0.669. The fourth-order valence-electron chi connectivity index (χ4n) is 1.75. The van der Waals surface area contributed by atoms with Crippen LogP contribution in [0.25, 0.3) is 0 Å². The normalized spacial score (nSPS) is 11.4. The van der Waals surface area contributed by atoms with E-state index in [-0.39, 0.29) is 22.7 Å². The van der Waals surface area contributed by atoms with E-state index in [0.717, 1.165) is 0 Å². The van der Waals surface area contributed by atoms with Crippen molar-refractivity contribution in [3.05, 3.63) is 42.2 Å². The molecule has 5 N–H and O–H groups in total. The average Bonchev–Trinajstić information content (AvgIpc) is 2.91. The first-order chi connectivity index (χ1) is 9.90. The smallest absolute Gasteiger partial charge is 0.248 e. The summed E-state index contributed by atoms with van der Waals surface area (Å²) in [5, 5.41) is 3.96. The van der Waals surface area contributed by atoms with Crippen LogP contribution in [0.3, 0.4) is 0 Å². The van der Waals surface area contributed by atoms with E-state index in [1.165, 1.54) is 18.2 Å². The predicted octanol–water partition coefficient (Wildman–Crippen LogP) is -0.457. The van der Waals surface area contributed by atoms with E-state index in [2.05, 4.69) is 9.82 Å². The van der Waals surface area contributed by atoms with Crippen molar-refractivity contribution in [1.29, 1.82) is 0 Å². The number of hydrogen-bond acceptors (Lipinski definition) is 5. The third-order valence-electron chi connectivity index (χ3n) is 2.78. The second-order valence-electron chi connectivity index (χ2n) is 4.28. The molecular weight excluding hydrogens is 294 g/mol. The molecule has 0 bridgehead atoms. The van der Waals surface area contributed by atoms with E-state index < -0.39 is 15.9 Å². The zero-order valence-electron chi connectivity index (χ0n) is 11.1. The van der Waals surface area contributed by atoms with E-state index in [9.17, 15) is 13.2 Å². The molecule has 112 valence electrons. The molecule has 0 aliphatic heterocycles. The molecule has 21 heavy (non-hydrogen) atoms. The molecule has 0 spiro atoms. The molecule has 0 saturated carbocycles. The van der Waals surface area contributed by atoms with Gasteiger partial charge in [-0.05, 0) is 24.3 Å². The minimum absolute atomic E-state index is 0.0297. The van der Waals surface area contributed by atoms with Crippen LogP contribution in [0.5, 0.6) is 0 Å². The van der Waals surface area contributed by atoms with Crippen LogP contribution >= 0.6 is 0 Å². The van der Waals surface area contributed by atoms with Crippen molar-refractivity contribution in [3.8, 4) is 0 Å². The van der Waals surface area contributed by atoms with Crippen LogP contribution in [0.2, 0.25) is 0 Å². The van der Waals surface area contributed by atoms with Gasteiger partial charge in [0.2, 0.25) is 15.9 Å². The Balaban J connectivity index is 2.10. The topological polar surface area (TPSA) is 133 Å². The number of nitrogens with two attached hydrogens (primary N) is 2. The third kappa shape index (κ3) is 3.58. The maximum atomic E-state index is 12.1. The summed E-state index contributed by atoms with van der Waals surface area (Å²) in [4.78, 5) is 10.9. The van der Waals surface area contributed by atoms with Crippen LogP contribution in [0.1, 0.15) is 10.4 Å². The summed E-state index contributed by atoms with van der Waals surface area (Å²) in [6, 6.07) is 5.56. The maximum absolute atomic E-state index is 12.1. The fourth-order valence-corrected chi connectivity index (χ4v) is 2.88. The Morgan fingerprint density at radius 1 is 1.38 bits per heavy atom. The number of aromatic nitrogens is 2. The van der Waals surface area contributed by atoms with Crippen molar-refractivity contribution < 1.29 is 13.2 Å². The number of primary amides is 1. The average molecular weight is 309 g/mol. The Morgan fingerprint density at radius 3 is 2.71 bits per heavy atom. The second-order valence-corrected chi connectivity index (χ2v) is 6.02. The highest BCUT2D eigenvalue weighted by Crippen LogP contribution is 2.19. The lowest BCUT2D eigenvalue weighted by Crippen LogP contribution is -2.28. The molecule has 2 rings (SSSR count). The highest BCUT2D eigenvalue weighted by Gasteiger charge is 2.18. The molecule has 0 unspecified atom stereocenters. The number of benzene rings is 1. The molecule has 1 amide bonds. The van der Waals surface area contributed by atoms with Crippen molar-refractivity contribution in [2.75, 3.05) is 12.3 Å². The third-order valence-corrected chi connectivity index (χ3v) is 4.31. The van der Waals surface area contributed by atoms with Crippen LogP contribution in [0.15, 0.2) is 41.6 Å². The minimum atomic E-state index is -3.75. The summed E-state index contributed by atoms with van der Waals surface area (Å²) in [5.41, 5.74) is 10.9. The number of nitrogen functional groups attached to an aromatic ring is 1. The molecule has 0 fully saturated rings. The van der Waals surface area contributed by atoms with Gasteiger partial charge in [0.15, 0.2) is 0 Å². The Morgan fingerprint density at radius 2 is 2.14 bits per heavy atom. The van der Waals surface area contributed by atoms with Gasteiger partial charge in [0.25, 0.3) is 0 Å². The van der Waals surface area contributed by atoms with Gasteiger partial charge in [0.05, 0.1) is 12.2 Å². The number of carbonyl (C=O) groups is 1. The van der Waals surface area contributed by atoms with Gasteiger partial charge in [0, 0.05) is 24.5 Å². The number of sulfonamides is 1. The second kappa shape index (κ2) is 5.94. The molecule has 1 aromatic heterocycles. The monoisotopic (exact) mass is 309 g/mol. The van der Waals surface area contributed by atoms with Crippen molar-refractivity contribution >= 4 is 21.6 Å². The van der Waals surface area contributed by atoms with Crippen LogP contribution in [-0.4, -0.2) is 30.7 Å². The van der Waals surface area contributed by atoms with Gasteiger partial charge in [-0.3, -0.25) is 9.48 Å². The number of amides is 1. The maximum Gasteiger partial charge on any atom is 0.248 e. The van der Waals surface area contributed by atoms with Gasteiger partial charge < -0.3 is 11.5 Å². The molecule has 1 aromatic carbocycles. The van der Waals surface area contributed by atoms with E-state index in [1.807, 2.05) is 0 Å². The van der Waals surface area contributed by atoms with Crippen LogP contribution in [0.4, 0.5) is 5.69 Å². The van der Waals surface area contributed by atoms with Gasteiger partial charge in [-0.15, -0.1) is 0 Å². The molecule has 2 aromatic rings. The number of nitrogens with zero attached hydrogens (tertiary/aromatic N) is 2. The quantitative estimate of drug-likeness (QED) is 0.621. The van der Waals surface area contributed by atoms with Gasteiger partial charge in [-0.1, -0.05) is 0 Å². The Bertz CT molecular complexity index is 740. The lowest BCUT2D eigenvalue weighted by atomic mass is 10.2. The van der Waals surface area contributed by atoms with E-state index in [4.69, 9.17) is 11.5 Å². The van der Waals surface area contributed by atoms with Crippen LogP contribution in [0, 0.1) is 0 Å². The number of rotatable bonds is 6. The first-order valence-electron chi connectivity index (χ1n) is 6.06. The van der Waals surface area contributed by atoms with Gasteiger partial charge in [-0.25, -0.2) is 13.1 Å². The molecule has 0 aliphatic carbocycles. The SMILES string of the molecule is NC(=O)c1ccc(S(=O)(=O)NCCn2cccn2)c(N)c1. The molecule has 0 radical (unpaired) electrons. The fraction of sp³-hybridized carbons (Fsp3) is 0.167. The summed E-state index contributed by atoms with van der Waals surface area (Å²) in [7, 11) is -3.75. The van der Waals surface area contributed by atoms with Crippen molar-refractivity contribution in [1.82, 2.24) is 14.5 Å². The summed E-state index contributed by atoms with van der Waals surface area (Å²) >= 11 is 0. The molecule has 9 heteroatoms. The zero-order chi connectivity index (χ0) is 15.5. The minimum Gasteiger partial charge on any atom is -0.398 e. The molecule has 1 heterocycles. The van der Waals surface area contributed by atoms with Gasteiger partial charge in [-0.2, -0.15) is 5.10 Å². The number of anilines is 1. The molecule has 0 aliphatic rings. The Hall–Kier alpha value is -2.39. The largest absolute Gasteiger partial charge is 0.398 e. The zero-order valence-corrected chi connectivity index (χ0v) is 11.9. The molecule has 0 atom stereocenters. The lowest BCUT2D eigenvalue weighted by Gasteiger charge is -2.10. The summed E-state index contributed by atoms with van der Waals surface area (Å²) in [6.45, 7) is 0.562. The highest BCUT2D eigenvalue weighted by molar-refractivity contribution is 7.89. The van der Waals surface area contributed by atoms with Crippen LogP contribution in [-0.2, 0) is 16.6 Å². The summed E-state index contributed by atoms with van der Waals surface area (Å²) < 4.78 is 28.3. The lowest BCUT2D eigenvalue weighted by molar-refractivity contribution is 0.1000. The highest BCUT2D eigenvalue weighted by atomic mass is 32.2. The molecule has 8 nitrogen and oxygen atoms in total. The summed E-state index contributed by atoms with van der Waals surface area (Å²) in [6.07, 6.45) is 3.33. The van der Waals surface area contributed by atoms with Crippen LogP contribution < -0.4 is 16.2 Å². The first-order valence-corrected chi connectivity index (χ1v) is 7.55. The molecule has 0 saturated heterocycles. The first kappa shape index (κ1) is 15.0. The Kier molecular flexibility index (Phi) is 4.24. The van der Waals surface area contributed by atoms with Crippen molar-refractivity contribution in [2.45, 2.75) is 11.4 Å². The predicted molar refractivity (Wildman–Crippen MR) is 76.8 cm³/mol. The van der Waals surface area contributed by atoms with E-state index in [1.54, 1.807) is 23.1 Å². The standard InChI is InChI=1S/C12H15N5O3S/c13-10-8-9(12(14)18)2-3-11(10)21(19,20)16-5-7-17-6-1-4-15-17/h1-4,6,8,16H,5,7,13H2,(H2,14,18). The van der Waals surface area contributed by atoms with E-state index >= 15 is 0 Å². The van der Waals surface area contributed by atoms with E-state index in [0.29, 0.717) is 6.54 Å². The van der Waals surface area contributed by atoms with Crippen molar-refractivity contribution in [2.24, 2.45) is 5.73 Å².